The lowest BCUT2D eigenvalue weighted by molar-refractivity contribution is 0.483. The summed E-state index contributed by atoms with van der Waals surface area (Å²) in [6.45, 7) is 7.72. The van der Waals surface area contributed by atoms with Crippen molar-refractivity contribution in [2.24, 2.45) is 4.99 Å². The molecular formula is C23H32N4O2S. The summed E-state index contributed by atoms with van der Waals surface area (Å²) < 4.78 is 28.5. The molecule has 1 aliphatic rings. The van der Waals surface area contributed by atoms with E-state index in [2.05, 4.69) is 44.2 Å². The smallest absolute Gasteiger partial charge is 0.241 e. The first-order valence-electron chi connectivity index (χ1n) is 10.3. The molecule has 0 aliphatic carbocycles. The zero-order valence-electron chi connectivity index (χ0n) is 18.2. The van der Waals surface area contributed by atoms with Gasteiger partial charge in [-0.05, 0) is 44.4 Å². The first kappa shape index (κ1) is 22.3. The van der Waals surface area contributed by atoms with Crippen LogP contribution in [0.2, 0.25) is 0 Å². The molecule has 2 N–H and O–H groups in total. The molecule has 1 fully saturated rings. The molecule has 7 heteroatoms. The molecule has 0 saturated carbocycles. The Balaban J connectivity index is 1.69. The maximum absolute atomic E-state index is 12.9. The van der Waals surface area contributed by atoms with Gasteiger partial charge in [0.2, 0.25) is 10.0 Å². The Morgan fingerprint density at radius 2 is 1.77 bits per heavy atom. The number of likely N-dealkylation sites (tertiary alicyclic amines) is 1. The number of guanidine groups is 1. The van der Waals surface area contributed by atoms with Gasteiger partial charge in [-0.25, -0.2) is 13.1 Å². The highest BCUT2D eigenvalue weighted by atomic mass is 32.2. The topological polar surface area (TPSA) is 73.8 Å². The van der Waals surface area contributed by atoms with Gasteiger partial charge >= 0.3 is 0 Å². The van der Waals surface area contributed by atoms with Crippen molar-refractivity contribution >= 4 is 16.0 Å². The van der Waals surface area contributed by atoms with Gasteiger partial charge in [0.15, 0.2) is 5.96 Å². The molecule has 0 radical (unpaired) electrons. The van der Waals surface area contributed by atoms with Gasteiger partial charge < -0.3 is 10.2 Å². The van der Waals surface area contributed by atoms with Gasteiger partial charge in [0.05, 0.1) is 4.90 Å². The molecule has 1 aliphatic heterocycles. The fourth-order valence-electron chi connectivity index (χ4n) is 3.83. The molecule has 1 heterocycles. The van der Waals surface area contributed by atoms with Crippen LogP contribution >= 0.6 is 0 Å². The van der Waals surface area contributed by atoms with Crippen LogP contribution in [0.3, 0.4) is 0 Å². The fraction of sp³-hybridized carbons (Fsp3) is 0.435. The van der Waals surface area contributed by atoms with Crippen LogP contribution in [0.5, 0.6) is 0 Å². The predicted molar refractivity (Wildman–Crippen MR) is 122 cm³/mol. The van der Waals surface area contributed by atoms with Crippen LogP contribution in [-0.4, -0.2) is 45.0 Å². The average Bonchev–Trinajstić information content (AvgIpc) is 3.18. The second-order valence-corrected chi connectivity index (χ2v) is 10.4. The van der Waals surface area contributed by atoms with Gasteiger partial charge in [-0.3, -0.25) is 4.99 Å². The minimum Gasteiger partial charge on any atom is -0.352 e. The Kier molecular flexibility index (Phi) is 6.83. The van der Waals surface area contributed by atoms with Crippen LogP contribution in [0.25, 0.3) is 0 Å². The van der Waals surface area contributed by atoms with Crippen LogP contribution in [-0.2, 0) is 16.6 Å². The van der Waals surface area contributed by atoms with Crippen molar-refractivity contribution in [3.05, 3.63) is 65.7 Å². The van der Waals surface area contributed by atoms with Crippen molar-refractivity contribution in [2.75, 3.05) is 20.1 Å². The first-order valence-corrected chi connectivity index (χ1v) is 11.8. The maximum atomic E-state index is 12.9. The highest BCUT2D eigenvalue weighted by Gasteiger charge is 2.27. The molecular weight excluding hydrogens is 396 g/mol. The van der Waals surface area contributed by atoms with Crippen molar-refractivity contribution in [1.82, 2.24) is 14.9 Å². The van der Waals surface area contributed by atoms with E-state index < -0.39 is 15.6 Å². The van der Waals surface area contributed by atoms with Gasteiger partial charge in [-0.1, -0.05) is 48.5 Å². The summed E-state index contributed by atoms with van der Waals surface area (Å²) >= 11 is 0. The summed E-state index contributed by atoms with van der Waals surface area (Å²) in [5.74, 6) is 1.28. The Hall–Kier alpha value is -2.38. The largest absolute Gasteiger partial charge is 0.352 e. The monoisotopic (exact) mass is 428 g/mol. The van der Waals surface area contributed by atoms with Crippen LogP contribution in [0.4, 0.5) is 0 Å². The van der Waals surface area contributed by atoms with E-state index in [4.69, 9.17) is 0 Å². The quantitative estimate of drug-likeness (QED) is 0.566. The van der Waals surface area contributed by atoms with E-state index in [0.717, 1.165) is 25.5 Å². The van der Waals surface area contributed by atoms with Crippen molar-refractivity contribution in [1.29, 1.82) is 0 Å². The van der Waals surface area contributed by atoms with Crippen molar-refractivity contribution in [2.45, 2.75) is 50.1 Å². The van der Waals surface area contributed by atoms with E-state index >= 15 is 0 Å². The van der Waals surface area contributed by atoms with E-state index in [-0.39, 0.29) is 0 Å². The zero-order valence-corrected chi connectivity index (χ0v) is 19.0. The van der Waals surface area contributed by atoms with Gasteiger partial charge in [0.25, 0.3) is 0 Å². The third kappa shape index (κ3) is 5.61. The van der Waals surface area contributed by atoms with E-state index in [1.807, 2.05) is 39.0 Å². The molecule has 30 heavy (non-hydrogen) atoms. The SMILES string of the molecule is CN=C(NCc1ccccc1S(=O)(=O)NC(C)(C)C)N1CCC(c2ccccc2)C1. The molecule has 0 aromatic heterocycles. The van der Waals surface area contributed by atoms with Crippen molar-refractivity contribution < 1.29 is 8.42 Å². The second kappa shape index (κ2) is 9.18. The number of sulfonamides is 1. The van der Waals surface area contributed by atoms with Crippen LogP contribution in [0.1, 0.15) is 44.2 Å². The summed E-state index contributed by atoms with van der Waals surface area (Å²) in [6.07, 6.45) is 1.07. The Morgan fingerprint density at radius 1 is 1.10 bits per heavy atom. The van der Waals surface area contributed by atoms with Crippen LogP contribution < -0.4 is 10.0 Å². The van der Waals surface area contributed by atoms with Gasteiger partial charge in [-0.15, -0.1) is 0 Å². The molecule has 6 nitrogen and oxygen atoms in total. The molecule has 0 spiro atoms. The molecule has 1 atom stereocenters. The molecule has 0 amide bonds. The standard InChI is InChI=1S/C23H32N4O2S/c1-23(2,3)26-30(28,29)21-13-9-8-12-19(21)16-25-22(24-4)27-15-14-20(17-27)18-10-6-5-7-11-18/h5-13,20,26H,14-17H2,1-4H3,(H,24,25). The highest BCUT2D eigenvalue weighted by Crippen LogP contribution is 2.27. The number of hydrogen-bond donors (Lipinski definition) is 2. The summed E-state index contributed by atoms with van der Waals surface area (Å²) in [4.78, 5) is 6.97. The normalized spacial score (nSPS) is 17.9. The van der Waals surface area contributed by atoms with Crippen LogP contribution in [0.15, 0.2) is 64.5 Å². The van der Waals surface area contributed by atoms with Crippen molar-refractivity contribution in [3.63, 3.8) is 0 Å². The lowest BCUT2D eigenvalue weighted by Crippen LogP contribution is -2.42. The third-order valence-electron chi connectivity index (χ3n) is 5.11. The molecule has 2 aromatic carbocycles. The predicted octanol–water partition coefficient (Wildman–Crippen LogP) is 3.33. The molecule has 1 saturated heterocycles. The summed E-state index contributed by atoms with van der Waals surface area (Å²) in [7, 11) is -1.84. The highest BCUT2D eigenvalue weighted by molar-refractivity contribution is 7.89. The summed E-state index contributed by atoms with van der Waals surface area (Å²) in [5, 5.41) is 3.36. The average molecular weight is 429 g/mol. The van der Waals surface area contributed by atoms with E-state index in [9.17, 15) is 8.42 Å². The number of rotatable bonds is 5. The number of aliphatic imine (C=N–C) groups is 1. The van der Waals surface area contributed by atoms with Gasteiger partial charge in [-0.2, -0.15) is 0 Å². The Bertz CT molecular complexity index is 982. The zero-order chi connectivity index (χ0) is 21.8. The lowest BCUT2D eigenvalue weighted by atomic mass is 9.99. The lowest BCUT2D eigenvalue weighted by Gasteiger charge is -2.24. The summed E-state index contributed by atoms with van der Waals surface area (Å²) in [6, 6.07) is 17.6. The summed E-state index contributed by atoms with van der Waals surface area (Å²) in [5.41, 5.74) is 1.52. The number of nitrogens with zero attached hydrogens (tertiary/aromatic N) is 2. The maximum Gasteiger partial charge on any atom is 0.241 e. The van der Waals surface area contributed by atoms with Crippen LogP contribution in [0, 0.1) is 0 Å². The Labute approximate surface area is 180 Å². The minimum atomic E-state index is -3.61. The van der Waals surface area contributed by atoms with E-state index in [1.165, 1.54) is 5.56 Å². The van der Waals surface area contributed by atoms with Crippen molar-refractivity contribution in [3.8, 4) is 0 Å². The third-order valence-corrected chi connectivity index (χ3v) is 6.97. The fourth-order valence-corrected chi connectivity index (χ4v) is 5.49. The van der Waals surface area contributed by atoms with Gasteiger partial charge in [0.1, 0.15) is 0 Å². The Morgan fingerprint density at radius 3 is 2.43 bits per heavy atom. The molecule has 0 bridgehead atoms. The number of benzene rings is 2. The molecule has 162 valence electrons. The minimum absolute atomic E-state index is 0.298. The van der Waals surface area contributed by atoms with E-state index in [0.29, 0.717) is 22.9 Å². The number of hydrogen-bond acceptors (Lipinski definition) is 3. The first-order chi connectivity index (χ1) is 14.2. The van der Waals surface area contributed by atoms with Gasteiger partial charge in [0, 0.05) is 38.1 Å². The van der Waals surface area contributed by atoms with E-state index in [1.54, 1.807) is 19.2 Å². The molecule has 2 aromatic rings. The molecule has 3 rings (SSSR count). The number of nitrogens with one attached hydrogen (secondary N) is 2. The second-order valence-electron chi connectivity index (χ2n) is 8.71. The molecule has 1 unspecified atom stereocenters.